The van der Waals surface area contributed by atoms with E-state index in [0.29, 0.717) is 0 Å². The van der Waals surface area contributed by atoms with Crippen molar-refractivity contribution in [1.29, 1.82) is 0 Å². The number of hydrogen-bond donors (Lipinski definition) is 0. The molecule has 0 bridgehead atoms. The van der Waals surface area contributed by atoms with Gasteiger partial charge < -0.3 is 14.2 Å². The van der Waals surface area contributed by atoms with Crippen molar-refractivity contribution in [2.75, 3.05) is 9.80 Å². The van der Waals surface area contributed by atoms with Crippen molar-refractivity contribution in [2.24, 2.45) is 0 Å². The van der Waals surface area contributed by atoms with E-state index < -0.39 is 0 Å². The van der Waals surface area contributed by atoms with E-state index in [4.69, 9.17) is 4.42 Å². The molecule has 14 rings (SSSR count). The topological polar surface area (TPSA) is 19.6 Å². The van der Waals surface area contributed by atoms with E-state index in [1.54, 1.807) is 0 Å². The maximum absolute atomic E-state index is 6.31. The minimum absolute atomic E-state index is 0.880. The van der Waals surface area contributed by atoms with E-state index in [1.165, 1.54) is 44.5 Å². The Morgan fingerprint density at radius 2 is 0.395 bits per heavy atom. The summed E-state index contributed by atoms with van der Waals surface area (Å²) in [7, 11) is 0. The fourth-order valence-corrected chi connectivity index (χ4v) is 11.3. The maximum atomic E-state index is 6.31. The van der Waals surface area contributed by atoms with Crippen LogP contribution >= 0.6 is 0 Å². The molecule has 0 atom stereocenters. The summed E-state index contributed by atoms with van der Waals surface area (Å²) in [5.41, 5.74) is 24.5. The van der Waals surface area contributed by atoms with Gasteiger partial charge in [0.05, 0.1) is 0 Å². The Kier molecular flexibility index (Phi) is 13.0. The van der Waals surface area contributed by atoms with Crippen LogP contribution in [-0.2, 0) is 0 Å². The standard InChI is InChI=1S/C78H54N2O/c1-5-15-55(16-6-1)59-25-38-69(39-26-59)79(70-40-27-60(28-41-70)56-17-7-2-8-18-56)73-46-33-63(34-47-73)66-51-67(53-68(52-66)65-37-50-78-76(54-65)75-23-13-14-24-77(75)81-78)64-35-48-74(49-36-64)80(71-42-29-61(30-43-71)57-19-9-3-10-20-57)72-44-31-62(32-45-72)58-21-11-4-12-22-58/h1-54H. The molecule has 0 N–H and O–H groups in total. The van der Waals surface area contributed by atoms with Crippen molar-refractivity contribution in [2.45, 2.75) is 0 Å². The van der Waals surface area contributed by atoms with Gasteiger partial charge in [-0.05, 0) is 187 Å². The molecule has 0 aliphatic rings. The Bertz CT molecular complexity index is 4030. The molecule has 0 radical (unpaired) electrons. The first-order chi connectivity index (χ1) is 40.1. The zero-order valence-corrected chi connectivity index (χ0v) is 44.5. The van der Waals surface area contributed by atoms with Gasteiger partial charge in [0.1, 0.15) is 11.2 Å². The third-order valence-corrected chi connectivity index (χ3v) is 15.5. The van der Waals surface area contributed by atoms with Crippen molar-refractivity contribution in [3.63, 3.8) is 0 Å². The largest absolute Gasteiger partial charge is 0.456 e. The average Bonchev–Trinajstić information content (AvgIpc) is 4.03. The lowest BCUT2D eigenvalue weighted by atomic mass is 9.92. The van der Waals surface area contributed by atoms with Gasteiger partial charge in [-0.1, -0.05) is 218 Å². The second-order valence-electron chi connectivity index (χ2n) is 20.5. The molecule has 14 aromatic rings. The highest BCUT2D eigenvalue weighted by Crippen LogP contribution is 2.42. The summed E-state index contributed by atoms with van der Waals surface area (Å²) in [6, 6.07) is 118. The number of anilines is 6. The maximum Gasteiger partial charge on any atom is 0.135 e. The molecular formula is C78H54N2O. The zero-order chi connectivity index (χ0) is 53.9. The Labute approximate surface area is 473 Å². The van der Waals surface area contributed by atoms with Crippen molar-refractivity contribution in [1.82, 2.24) is 0 Å². The van der Waals surface area contributed by atoms with Gasteiger partial charge in [-0.25, -0.2) is 0 Å². The van der Waals surface area contributed by atoms with Crippen LogP contribution in [0.2, 0.25) is 0 Å². The van der Waals surface area contributed by atoms with E-state index in [-0.39, 0.29) is 0 Å². The molecular weight excluding hydrogens is 981 g/mol. The Balaban J connectivity index is 0.849. The van der Waals surface area contributed by atoms with Gasteiger partial charge in [0, 0.05) is 44.9 Å². The molecule has 0 aliphatic heterocycles. The third-order valence-electron chi connectivity index (χ3n) is 15.5. The number of nitrogens with zero attached hydrogens (tertiary/aromatic N) is 2. The predicted molar refractivity (Wildman–Crippen MR) is 341 cm³/mol. The molecule has 0 aliphatic carbocycles. The lowest BCUT2D eigenvalue weighted by Gasteiger charge is -2.26. The number of hydrogen-bond acceptors (Lipinski definition) is 3. The van der Waals surface area contributed by atoms with Crippen molar-refractivity contribution < 1.29 is 4.42 Å². The van der Waals surface area contributed by atoms with Gasteiger partial charge in [0.15, 0.2) is 0 Å². The summed E-state index contributed by atoms with van der Waals surface area (Å²) in [4.78, 5) is 4.69. The number of para-hydroxylation sites is 1. The minimum Gasteiger partial charge on any atom is -0.456 e. The minimum atomic E-state index is 0.880. The third kappa shape index (κ3) is 9.97. The van der Waals surface area contributed by atoms with Crippen LogP contribution in [0, 0.1) is 0 Å². The molecule has 3 heteroatoms. The molecule has 0 spiro atoms. The average molecular weight is 1040 g/mol. The lowest BCUT2D eigenvalue weighted by molar-refractivity contribution is 0.669. The molecule has 0 saturated heterocycles. The van der Waals surface area contributed by atoms with Crippen molar-refractivity contribution >= 4 is 56.1 Å². The van der Waals surface area contributed by atoms with Crippen LogP contribution in [0.15, 0.2) is 332 Å². The summed E-state index contributed by atoms with van der Waals surface area (Å²) in [6.07, 6.45) is 0. The highest BCUT2D eigenvalue weighted by atomic mass is 16.3. The lowest BCUT2D eigenvalue weighted by Crippen LogP contribution is -2.09. The first kappa shape index (κ1) is 48.6. The van der Waals surface area contributed by atoms with E-state index in [0.717, 1.165) is 89.4 Å². The second kappa shape index (κ2) is 21.6. The van der Waals surface area contributed by atoms with Gasteiger partial charge in [-0.3, -0.25) is 0 Å². The smallest absolute Gasteiger partial charge is 0.135 e. The molecule has 81 heavy (non-hydrogen) atoms. The fourth-order valence-electron chi connectivity index (χ4n) is 11.3. The van der Waals surface area contributed by atoms with E-state index in [1.807, 2.05) is 12.1 Å². The molecule has 13 aromatic carbocycles. The SMILES string of the molecule is c1ccc(-c2ccc(N(c3ccc(-c4ccccc4)cc3)c3ccc(-c4cc(-c5ccc(N(c6ccc(-c7ccccc7)cc6)c6ccc(-c7ccccc7)cc6)cc5)cc(-c5ccc6oc7ccccc7c6c5)c4)cc3)cc2)cc1. The van der Waals surface area contributed by atoms with Crippen LogP contribution in [0.25, 0.3) is 99.8 Å². The zero-order valence-electron chi connectivity index (χ0n) is 44.5. The fraction of sp³-hybridized carbons (Fsp3) is 0. The first-order valence-corrected chi connectivity index (χ1v) is 27.6. The van der Waals surface area contributed by atoms with Crippen LogP contribution < -0.4 is 9.80 Å². The summed E-state index contributed by atoms with van der Waals surface area (Å²) in [5, 5.41) is 2.21. The normalized spacial score (nSPS) is 11.2. The highest BCUT2D eigenvalue weighted by Gasteiger charge is 2.18. The van der Waals surface area contributed by atoms with Gasteiger partial charge >= 0.3 is 0 Å². The molecule has 0 amide bonds. The number of fused-ring (bicyclic) bond motifs is 3. The van der Waals surface area contributed by atoms with Gasteiger partial charge in [-0.2, -0.15) is 0 Å². The Morgan fingerprint density at radius 1 is 0.160 bits per heavy atom. The van der Waals surface area contributed by atoms with Gasteiger partial charge in [0.25, 0.3) is 0 Å². The number of furan rings is 1. The molecule has 0 unspecified atom stereocenters. The quantitative estimate of drug-likeness (QED) is 0.115. The van der Waals surface area contributed by atoms with Crippen LogP contribution in [0.5, 0.6) is 0 Å². The monoisotopic (exact) mass is 1030 g/mol. The molecule has 1 aromatic heterocycles. The van der Waals surface area contributed by atoms with Crippen LogP contribution in [-0.4, -0.2) is 0 Å². The number of benzene rings is 13. The van der Waals surface area contributed by atoms with Crippen LogP contribution in [0.3, 0.4) is 0 Å². The van der Waals surface area contributed by atoms with Crippen LogP contribution in [0.1, 0.15) is 0 Å². The Hall–Kier alpha value is -10.7. The van der Waals surface area contributed by atoms with E-state index >= 15 is 0 Å². The molecule has 1 heterocycles. The summed E-state index contributed by atoms with van der Waals surface area (Å²) in [5.74, 6) is 0. The van der Waals surface area contributed by atoms with Gasteiger partial charge in [0.2, 0.25) is 0 Å². The molecule has 0 saturated carbocycles. The van der Waals surface area contributed by atoms with Crippen molar-refractivity contribution in [3.8, 4) is 77.9 Å². The second-order valence-corrected chi connectivity index (χ2v) is 20.5. The molecule has 3 nitrogen and oxygen atoms in total. The summed E-state index contributed by atoms with van der Waals surface area (Å²) in [6.45, 7) is 0. The van der Waals surface area contributed by atoms with Crippen LogP contribution in [0.4, 0.5) is 34.1 Å². The summed E-state index contributed by atoms with van der Waals surface area (Å²) < 4.78 is 6.31. The Morgan fingerprint density at radius 3 is 0.716 bits per heavy atom. The number of rotatable bonds is 13. The van der Waals surface area contributed by atoms with E-state index in [2.05, 4.69) is 325 Å². The highest BCUT2D eigenvalue weighted by molar-refractivity contribution is 6.06. The van der Waals surface area contributed by atoms with Crippen molar-refractivity contribution in [3.05, 3.63) is 328 Å². The first-order valence-electron chi connectivity index (χ1n) is 27.6. The molecule has 0 fully saturated rings. The molecule has 382 valence electrons. The van der Waals surface area contributed by atoms with Gasteiger partial charge in [-0.15, -0.1) is 0 Å². The summed E-state index contributed by atoms with van der Waals surface area (Å²) >= 11 is 0. The predicted octanol–water partition coefficient (Wildman–Crippen LogP) is 22.2. The van der Waals surface area contributed by atoms with E-state index in [9.17, 15) is 0 Å².